The van der Waals surface area contributed by atoms with Gasteiger partial charge >= 0.3 is 0 Å². The van der Waals surface area contributed by atoms with E-state index in [2.05, 4.69) is 5.16 Å². The minimum Gasteiger partial charge on any atom is -0.372 e. The molecule has 1 aliphatic rings. The zero-order valence-corrected chi connectivity index (χ0v) is 15.3. The Morgan fingerprint density at radius 2 is 2.08 bits per heavy atom. The molecule has 0 unspecified atom stereocenters. The Morgan fingerprint density at radius 3 is 2.65 bits per heavy atom. The molecule has 0 bridgehead atoms. The number of halogens is 1. The van der Waals surface area contributed by atoms with E-state index < -0.39 is 5.82 Å². The molecule has 1 amide bonds. The smallest absolute Gasteiger partial charge is 0.276 e. The largest absolute Gasteiger partial charge is 0.372 e. The molecule has 1 saturated heterocycles. The number of benzene rings is 1. The number of amides is 1. The number of rotatable bonds is 4. The van der Waals surface area contributed by atoms with Crippen LogP contribution >= 0.6 is 0 Å². The first-order valence-corrected chi connectivity index (χ1v) is 8.60. The van der Waals surface area contributed by atoms with Gasteiger partial charge in [-0.1, -0.05) is 5.16 Å². The van der Waals surface area contributed by atoms with Gasteiger partial charge < -0.3 is 19.1 Å². The van der Waals surface area contributed by atoms with Crippen molar-refractivity contribution in [3.05, 3.63) is 23.1 Å². The number of hydrogen-bond donors (Lipinski definition) is 0. The minimum absolute atomic E-state index is 0.00149. The fourth-order valence-electron chi connectivity index (χ4n) is 3.30. The van der Waals surface area contributed by atoms with Crippen LogP contribution in [0.4, 0.5) is 10.1 Å². The molecule has 1 aromatic carbocycles. The standard InChI is InChI=1S/C18H22FN3O4/c1-5-21(4)18(24)15-13-6-12(9-23)16(14(19)17(13)26-20-15)22-7-10(2)25-11(3)8-22/h6,9-11H,5,7-8H2,1-4H3/t10-,11+. The van der Waals surface area contributed by atoms with Crippen molar-refractivity contribution in [2.45, 2.75) is 33.0 Å². The zero-order valence-electron chi connectivity index (χ0n) is 15.3. The molecule has 3 rings (SSSR count). The Balaban J connectivity index is 2.13. The number of hydrogen-bond acceptors (Lipinski definition) is 6. The van der Waals surface area contributed by atoms with E-state index in [9.17, 15) is 9.59 Å². The number of aromatic nitrogens is 1. The number of carbonyl (C=O) groups excluding carboxylic acids is 2. The van der Waals surface area contributed by atoms with Crippen molar-refractivity contribution in [3.8, 4) is 0 Å². The second kappa shape index (κ2) is 7.03. The maximum absolute atomic E-state index is 15.2. The molecule has 0 radical (unpaired) electrons. The molecule has 8 heteroatoms. The summed E-state index contributed by atoms with van der Waals surface area (Å²) in [5.74, 6) is -1.07. The Labute approximate surface area is 150 Å². The number of anilines is 1. The van der Waals surface area contributed by atoms with E-state index in [4.69, 9.17) is 9.26 Å². The summed E-state index contributed by atoms with van der Waals surface area (Å²) >= 11 is 0. The first-order chi connectivity index (χ1) is 12.4. The van der Waals surface area contributed by atoms with E-state index in [1.54, 1.807) is 11.9 Å². The van der Waals surface area contributed by atoms with Crippen molar-refractivity contribution >= 4 is 28.8 Å². The third kappa shape index (κ3) is 3.05. The predicted octanol–water partition coefficient (Wildman–Crippen LogP) is 2.48. The summed E-state index contributed by atoms with van der Waals surface area (Å²) in [4.78, 5) is 27.3. The molecule has 26 heavy (non-hydrogen) atoms. The van der Waals surface area contributed by atoms with Gasteiger partial charge in [0.05, 0.1) is 23.3 Å². The molecule has 0 saturated carbocycles. The molecule has 1 fully saturated rings. The molecule has 7 nitrogen and oxygen atoms in total. The highest BCUT2D eigenvalue weighted by Gasteiger charge is 2.30. The zero-order chi connectivity index (χ0) is 19.0. The summed E-state index contributed by atoms with van der Waals surface area (Å²) in [7, 11) is 1.62. The van der Waals surface area contributed by atoms with Crippen LogP contribution in [0, 0.1) is 5.82 Å². The quantitative estimate of drug-likeness (QED) is 0.777. The second-order valence-electron chi connectivity index (χ2n) is 6.64. The number of carbonyl (C=O) groups is 2. The molecule has 0 N–H and O–H groups in total. The fourth-order valence-corrected chi connectivity index (χ4v) is 3.30. The van der Waals surface area contributed by atoms with E-state index in [0.717, 1.165) is 0 Å². The molecule has 0 spiro atoms. The Morgan fingerprint density at radius 1 is 1.42 bits per heavy atom. The van der Waals surface area contributed by atoms with Gasteiger partial charge in [-0.2, -0.15) is 0 Å². The molecule has 2 aromatic rings. The molecule has 2 heterocycles. The molecular formula is C18H22FN3O4. The van der Waals surface area contributed by atoms with Crippen LogP contribution in [0.25, 0.3) is 11.0 Å². The van der Waals surface area contributed by atoms with Gasteiger partial charge in [0.15, 0.2) is 17.8 Å². The van der Waals surface area contributed by atoms with Gasteiger partial charge in [0, 0.05) is 32.2 Å². The van der Waals surface area contributed by atoms with Crippen molar-refractivity contribution in [1.29, 1.82) is 0 Å². The van der Waals surface area contributed by atoms with Gasteiger partial charge in [-0.05, 0) is 26.8 Å². The lowest BCUT2D eigenvalue weighted by Crippen LogP contribution is -2.46. The van der Waals surface area contributed by atoms with E-state index >= 15 is 4.39 Å². The SMILES string of the molecule is CCN(C)C(=O)c1noc2c(F)c(N3C[C@@H](C)O[C@@H](C)C3)c(C=O)cc12. The number of ether oxygens (including phenoxy) is 1. The third-order valence-corrected chi connectivity index (χ3v) is 4.59. The summed E-state index contributed by atoms with van der Waals surface area (Å²) < 4.78 is 26.0. The second-order valence-corrected chi connectivity index (χ2v) is 6.64. The van der Waals surface area contributed by atoms with Crippen LogP contribution in [-0.4, -0.2) is 61.1 Å². The average Bonchev–Trinajstić information content (AvgIpc) is 3.03. The van der Waals surface area contributed by atoms with E-state index in [1.165, 1.54) is 11.0 Å². The first kappa shape index (κ1) is 18.3. The fraction of sp³-hybridized carbons (Fsp3) is 0.500. The molecule has 0 aliphatic carbocycles. The lowest BCUT2D eigenvalue weighted by molar-refractivity contribution is -0.00543. The number of morpholine rings is 1. The van der Waals surface area contributed by atoms with Crippen molar-refractivity contribution in [1.82, 2.24) is 10.1 Å². The van der Waals surface area contributed by atoms with E-state index in [0.29, 0.717) is 25.9 Å². The van der Waals surface area contributed by atoms with Gasteiger partial charge in [-0.3, -0.25) is 9.59 Å². The lowest BCUT2D eigenvalue weighted by Gasteiger charge is -2.37. The molecule has 140 valence electrons. The van der Waals surface area contributed by atoms with Gasteiger partial charge in [0.2, 0.25) is 5.58 Å². The van der Waals surface area contributed by atoms with Crippen LogP contribution in [0.2, 0.25) is 0 Å². The number of aldehydes is 1. The van der Waals surface area contributed by atoms with E-state index in [1.807, 2.05) is 20.8 Å². The summed E-state index contributed by atoms with van der Waals surface area (Å²) in [5.41, 5.74) is 0.202. The summed E-state index contributed by atoms with van der Waals surface area (Å²) in [6.07, 6.45) is 0.393. The Hall–Kier alpha value is -2.48. The van der Waals surface area contributed by atoms with Gasteiger partial charge in [-0.25, -0.2) is 4.39 Å². The lowest BCUT2D eigenvalue weighted by atomic mass is 10.1. The van der Waals surface area contributed by atoms with Crippen molar-refractivity contribution < 1.29 is 23.2 Å². The summed E-state index contributed by atoms with van der Waals surface area (Å²) in [6, 6.07) is 1.47. The number of fused-ring (bicyclic) bond motifs is 1. The summed E-state index contributed by atoms with van der Waals surface area (Å²) in [5, 5.41) is 3.95. The molecule has 1 aromatic heterocycles. The topological polar surface area (TPSA) is 75.9 Å². The van der Waals surface area contributed by atoms with Gasteiger partial charge in [0.1, 0.15) is 0 Å². The normalized spacial score (nSPS) is 20.4. The Kier molecular flexibility index (Phi) is 4.95. The highest BCUT2D eigenvalue weighted by atomic mass is 19.1. The Bertz CT molecular complexity index is 841. The maximum Gasteiger partial charge on any atom is 0.276 e. The predicted molar refractivity (Wildman–Crippen MR) is 94.2 cm³/mol. The van der Waals surface area contributed by atoms with Crippen LogP contribution in [0.1, 0.15) is 41.6 Å². The molecule has 1 aliphatic heterocycles. The van der Waals surface area contributed by atoms with Gasteiger partial charge in [-0.15, -0.1) is 0 Å². The minimum atomic E-state index is -0.684. The highest BCUT2D eigenvalue weighted by Crippen LogP contribution is 2.34. The third-order valence-electron chi connectivity index (χ3n) is 4.59. The van der Waals surface area contributed by atoms with E-state index in [-0.39, 0.29) is 46.0 Å². The van der Waals surface area contributed by atoms with Crippen molar-refractivity contribution in [2.75, 3.05) is 31.6 Å². The summed E-state index contributed by atoms with van der Waals surface area (Å²) in [6.45, 7) is 6.98. The van der Waals surface area contributed by atoms with Crippen LogP contribution in [0.3, 0.4) is 0 Å². The van der Waals surface area contributed by atoms with Gasteiger partial charge in [0.25, 0.3) is 5.91 Å². The number of nitrogens with zero attached hydrogens (tertiary/aromatic N) is 3. The average molecular weight is 363 g/mol. The van der Waals surface area contributed by atoms with Crippen LogP contribution < -0.4 is 4.90 Å². The van der Waals surface area contributed by atoms with Crippen LogP contribution in [-0.2, 0) is 4.74 Å². The maximum atomic E-state index is 15.2. The van der Waals surface area contributed by atoms with Crippen LogP contribution in [0.15, 0.2) is 10.6 Å². The highest BCUT2D eigenvalue weighted by molar-refractivity contribution is 6.06. The van der Waals surface area contributed by atoms with Crippen molar-refractivity contribution in [2.24, 2.45) is 0 Å². The monoisotopic (exact) mass is 363 g/mol. The first-order valence-electron chi connectivity index (χ1n) is 8.60. The van der Waals surface area contributed by atoms with Crippen molar-refractivity contribution in [3.63, 3.8) is 0 Å². The van der Waals surface area contributed by atoms with Crippen LogP contribution in [0.5, 0.6) is 0 Å². The molecule has 2 atom stereocenters. The molecular weight excluding hydrogens is 341 g/mol.